The number of likely N-dealkylation sites (N-methyl/N-ethyl adjacent to an activating group) is 1. The lowest BCUT2D eigenvalue weighted by Crippen LogP contribution is -2.49. The van der Waals surface area contributed by atoms with Crippen molar-refractivity contribution in [2.24, 2.45) is 0 Å². The van der Waals surface area contributed by atoms with Gasteiger partial charge < -0.3 is 5.32 Å². The summed E-state index contributed by atoms with van der Waals surface area (Å²) >= 11 is 0. The van der Waals surface area contributed by atoms with Crippen LogP contribution in [-0.4, -0.2) is 40.5 Å². The molecule has 1 aromatic carbocycles. The molecule has 1 heterocycles. The molecule has 4 heteroatoms. The van der Waals surface area contributed by atoms with Gasteiger partial charge in [-0.2, -0.15) is 0 Å². The molecule has 112 valence electrons. The van der Waals surface area contributed by atoms with Crippen molar-refractivity contribution in [1.82, 2.24) is 14.9 Å². The Morgan fingerprint density at radius 3 is 2.62 bits per heavy atom. The van der Waals surface area contributed by atoms with Crippen molar-refractivity contribution in [2.75, 3.05) is 25.5 Å². The second kappa shape index (κ2) is 5.98. The molecule has 1 saturated carbocycles. The van der Waals surface area contributed by atoms with Gasteiger partial charge in [0.05, 0.1) is 17.2 Å². The van der Waals surface area contributed by atoms with Crippen LogP contribution in [0.25, 0.3) is 11.0 Å². The Balaban J connectivity index is 1.75. The number of para-hydroxylation sites is 2. The summed E-state index contributed by atoms with van der Waals surface area (Å²) in [6.45, 7) is 4.27. The van der Waals surface area contributed by atoms with Crippen LogP contribution in [0.3, 0.4) is 0 Å². The second-order valence-corrected chi connectivity index (χ2v) is 6.04. The molecule has 0 atom stereocenters. The van der Waals surface area contributed by atoms with Crippen LogP contribution in [0.5, 0.6) is 0 Å². The molecule has 0 amide bonds. The number of nitrogens with one attached hydrogen (secondary N) is 1. The van der Waals surface area contributed by atoms with E-state index in [1.165, 1.54) is 25.7 Å². The fourth-order valence-electron chi connectivity index (χ4n) is 3.36. The molecule has 1 aromatic heterocycles. The minimum Gasteiger partial charge on any atom is -0.367 e. The fourth-order valence-corrected chi connectivity index (χ4v) is 3.36. The Morgan fingerprint density at radius 2 is 1.90 bits per heavy atom. The average Bonchev–Trinajstić information content (AvgIpc) is 3.02. The van der Waals surface area contributed by atoms with Gasteiger partial charge in [-0.3, -0.25) is 9.88 Å². The number of aromatic nitrogens is 2. The predicted molar refractivity (Wildman–Crippen MR) is 87.5 cm³/mol. The third-order valence-electron chi connectivity index (χ3n) is 4.87. The van der Waals surface area contributed by atoms with Gasteiger partial charge in [0.25, 0.3) is 0 Å². The first-order valence-electron chi connectivity index (χ1n) is 7.90. The van der Waals surface area contributed by atoms with Crippen LogP contribution in [0.15, 0.2) is 30.5 Å². The maximum Gasteiger partial charge on any atom is 0.145 e. The molecule has 0 bridgehead atoms. The van der Waals surface area contributed by atoms with Crippen molar-refractivity contribution >= 4 is 16.9 Å². The third kappa shape index (κ3) is 2.86. The van der Waals surface area contributed by atoms with Crippen molar-refractivity contribution in [2.45, 2.75) is 38.1 Å². The molecular formula is C17H24N4. The number of hydrogen-bond acceptors (Lipinski definition) is 4. The summed E-state index contributed by atoms with van der Waals surface area (Å²) in [6.07, 6.45) is 7.04. The van der Waals surface area contributed by atoms with Crippen molar-refractivity contribution in [3.8, 4) is 0 Å². The summed E-state index contributed by atoms with van der Waals surface area (Å²) in [5, 5.41) is 3.52. The van der Waals surface area contributed by atoms with Crippen molar-refractivity contribution in [3.05, 3.63) is 30.5 Å². The number of nitrogens with zero attached hydrogens (tertiary/aromatic N) is 3. The molecule has 1 N–H and O–H groups in total. The smallest absolute Gasteiger partial charge is 0.145 e. The Morgan fingerprint density at radius 1 is 1.19 bits per heavy atom. The minimum absolute atomic E-state index is 0.280. The third-order valence-corrected chi connectivity index (χ3v) is 4.87. The molecule has 0 spiro atoms. The molecule has 0 radical (unpaired) electrons. The monoisotopic (exact) mass is 284 g/mol. The van der Waals surface area contributed by atoms with Gasteiger partial charge in [0.1, 0.15) is 5.82 Å². The van der Waals surface area contributed by atoms with E-state index in [2.05, 4.69) is 34.2 Å². The van der Waals surface area contributed by atoms with Gasteiger partial charge >= 0.3 is 0 Å². The highest BCUT2D eigenvalue weighted by molar-refractivity contribution is 5.75. The summed E-state index contributed by atoms with van der Waals surface area (Å²) in [6, 6.07) is 8.00. The second-order valence-electron chi connectivity index (χ2n) is 6.04. The molecule has 0 saturated heterocycles. The Bertz CT molecular complexity index is 605. The van der Waals surface area contributed by atoms with E-state index in [-0.39, 0.29) is 5.54 Å². The van der Waals surface area contributed by atoms with Gasteiger partial charge in [-0.15, -0.1) is 0 Å². The van der Waals surface area contributed by atoms with Crippen molar-refractivity contribution in [1.29, 1.82) is 0 Å². The molecule has 1 fully saturated rings. The molecule has 21 heavy (non-hydrogen) atoms. The normalized spacial score (nSPS) is 17.5. The van der Waals surface area contributed by atoms with Gasteiger partial charge in [0.2, 0.25) is 0 Å². The van der Waals surface area contributed by atoms with Crippen molar-refractivity contribution < 1.29 is 0 Å². The van der Waals surface area contributed by atoms with Crippen LogP contribution < -0.4 is 5.32 Å². The van der Waals surface area contributed by atoms with Crippen LogP contribution >= 0.6 is 0 Å². The molecular weight excluding hydrogens is 260 g/mol. The van der Waals surface area contributed by atoms with Crippen LogP contribution in [0.4, 0.5) is 5.82 Å². The van der Waals surface area contributed by atoms with Gasteiger partial charge in [-0.1, -0.05) is 31.9 Å². The summed E-state index contributed by atoms with van der Waals surface area (Å²) in [7, 11) is 2.24. The molecule has 3 rings (SSSR count). The summed E-state index contributed by atoms with van der Waals surface area (Å²) in [5.41, 5.74) is 2.18. The maximum atomic E-state index is 4.66. The van der Waals surface area contributed by atoms with Gasteiger partial charge in [-0.05, 0) is 38.6 Å². The topological polar surface area (TPSA) is 41.0 Å². The quantitative estimate of drug-likeness (QED) is 0.914. The van der Waals surface area contributed by atoms with Crippen LogP contribution in [0, 0.1) is 0 Å². The van der Waals surface area contributed by atoms with E-state index < -0.39 is 0 Å². The summed E-state index contributed by atoms with van der Waals surface area (Å²) in [4.78, 5) is 11.6. The number of benzene rings is 1. The zero-order valence-corrected chi connectivity index (χ0v) is 13.0. The number of rotatable bonds is 5. The highest BCUT2D eigenvalue weighted by Gasteiger charge is 2.36. The summed E-state index contributed by atoms with van der Waals surface area (Å²) < 4.78 is 0. The number of fused-ring (bicyclic) bond motifs is 1. The summed E-state index contributed by atoms with van der Waals surface area (Å²) in [5.74, 6) is 0.879. The standard InChI is InChI=1S/C17H24N4/c1-3-21(2)17(10-6-7-11-17)13-19-16-12-18-14-8-4-5-9-15(14)20-16/h4-5,8-9,12H,3,6-7,10-11,13H2,1-2H3,(H,19,20). The van der Waals surface area contributed by atoms with E-state index in [9.17, 15) is 0 Å². The first-order chi connectivity index (χ1) is 10.2. The first-order valence-corrected chi connectivity index (χ1v) is 7.90. The van der Waals surface area contributed by atoms with Gasteiger partial charge in [-0.25, -0.2) is 4.98 Å². The highest BCUT2D eigenvalue weighted by Crippen LogP contribution is 2.34. The lowest BCUT2D eigenvalue weighted by atomic mass is 9.95. The number of hydrogen-bond donors (Lipinski definition) is 1. The zero-order valence-electron chi connectivity index (χ0n) is 13.0. The first kappa shape index (κ1) is 14.3. The van der Waals surface area contributed by atoms with Crippen molar-refractivity contribution in [3.63, 3.8) is 0 Å². The van der Waals surface area contributed by atoms with E-state index in [1.807, 2.05) is 30.5 Å². The molecule has 4 nitrogen and oxygen atoms in total. The van der Waals surface area contributed by atoms with E-state index in [1.54, 1.807) is 0 Å². The Kier molecular flexibility index (Phi) is 4.06. The largest absolute Gasteiger partial charge is 0.367 e. The Labute approximate surface area is 126 Å². The molecule has 0 unspecified atom stereocenters. The molecule has 2 aromatic rings. The SMILES string of the molecule is CCN(C)C1(CNc2cnc3ccccc3n2)CCCC1. The van der Waals surface area contributed by atoms with E-state index in [0.717, 1.165) is 29.9 Å². The van der Waals surface area contributed by atoms with Crippen LogP contribution in [0.2, 0.25) is 0 Å². The van der Waals surface area contributed by atoms with E-state index in [0.29, 0.717) is 0 Å². The van der Waals surface area contributed by atoms with Gasteiger partial charge in [0, 0.05) is 12.1 Å². The highest BCUT2D eigenvalue weighted by atomic mass is 15.2. The van der Waals surface area contributed by atoms with Gasteiger partial charge in [0.15, 0.2) is 0 Å². The number of anilines is 1. The Hall–Kier alpha value is -1.68. The molecule has 1 aliphatic carbocycles. The van der Waals surface area contributed by atoms with Crippen LogP contribution in [-0.2, 0) is 0 Å². The van der Waals surface area contributed by atoms with E-state index >= 15 is 0 Å². The zero-order chi connectivity index (χ0) is 14.7. The fraction of sp³-hybridized carbons (Fsp3) is 0.529. The predicted octanol–water partition coefficient (Wildman–Crippen LogP) is 3.31. The van der Waals surface area contributed by atoms with Crippen LogP contribution in [0.1, 0.15) is 32.6 Å². The lowest BCUT2D eigenvalue weighted by molar-refractivity contribution is 0.144. The average molecular weight is 284 g/mol. The van der Waals surface area contributed by atoms with E-state index in [4.69, 9.17) is 0 Å². The molecule has 0 aliphatic heterocycles. The minimum atomic E-state index is 0.280. The maximum absolute atomic E-state index is 4.66. The molecule has 1 aliphatic rings. The lowest BCUT2D eigenvalue weighted by Gasteiger charge is -2.38.